The third-order valence-electron chi connectivity index (χ3n) is 3.41. The van der Waals surface area contributed by atoms with Crippen LogP contribution in [-0.4, -0.2) is 37.7 Å². The van der Waals surface area contributed by atoms with Gasteiger partial charge in [-0.1, -0.05) is 13.8 Å². The number of nitrogens with zero attached hydrogens (tertiary/aromatic N) is 3. The van der Waals surface area contributed by atoms with Gasteiger partial charge in [0.05, 0.1) is 23.7 Å². The average molecular weight is 303 g/mol. The van der Waals surface area contributed by atoms with Crippen molar-refractivity contribution >= 4 is 28.2 Å². The maximum Gasteiger partial charge on any atom is 0.143 e. The van der Waals surface area contributed by atoms with E-state index < -0.39 is 0 Å². The zero-order valence-corrected chi connectivity index (χ0v) is 12.7. The van der Waals surface area contributed by atoms with Crippen molar-refractivity contribution in [2.45, 2.75) is 19.9 Å². The van der Waals surface area contributed by atoms with Crippen LogP contribution in [0.4, 0.5) is 5.82 Å². The summed E-state index contributed by atoms with van der Waals surface area (Å²) >= 11 is 1.57. The number of fused-ring (bicyclic) bond motifs is 1. The van der Waals surface area contributed by atoms with E-state index in [4.69, 9.17) is 0 Å². The average Bonchev–Trinajstić information content (AvgIpc) is 3.12. The highest BCUT2D eigenvalue weighted by Gasteiger charge is 2.16. The molecule has 21 heavy (non-hydrogen) atoms. The van der Waals surface area contributed by atoms with Crippen LogP contribution in [0.3, 0.4) is 0 Å². The molecule has 7 heteroatoms. The van der Waals surface area contributed by atoms with E-state index in [0.29, 0.717) is 5.92 Å². The summed E-state index contributed by atoms with van der Waals surface area (Å²) in [6.45, 7) is 4.18. The fourth-order valence-corrected chi connectivity index (χ4v) is 2.73. The van der Waals surface area contributed by atoms with E-state index in [0.717, 1.165) is 27.6 Å². The minimum absolute atomic E-state index is 0.0405. The second kappa shape index (κ2) is 5.79. The number of thiazole rings is 1. The molecule has 0 aliphatic rings. The van der Waals surface area contributed by atoms with Crippen LogP contribution in [0.25, 0.3) is 21.7 Å². The van der Waals surface area contributed by atoms with Crippen LogP contribution in [0.1, 0.15) is 13.8 Å². The normalized spacial score (nSPS) is 13.0. The van der Waals surface area contributed by atoms with E-state index in [1.165, 1.54) is 6.33 Å². The lowest BCUT2D eigenvalue weighted by Crippen LogP contribution is -2.29. The highest BCUT2D eigenvalue weighted by atomic mass is 32.1. The Hall–Kier alpha value is -1.99. The summed E-state index contributed by atoms with van der Waals surface area (Å²) in [7, 11) is 0. The zero-order chi connectivity index (χ0) is 14.8. The Morgan fingerprint density at radius 2 is 2.19 bits per heavy atom. The molecular weight excluding hydrogens is 286 g/mol. The standard InChI is InChI=1S/C14H17N5OS/c1-8(2)11(6-20)19-13-9-5-10(14-15-3-4-21-14)18-12(9)16-7-17-13/h3-5,7-8,11,20H,6H2,1-2H3,(H2,16,17,18,19)/t11-/m0/s1. The topological polar surface area (TPSA) is 86.7 Å². The zero-order valence-electron chi connectivity index (χ0n) is 11.9. The number of aromatic amines is 1. The van der Waals surface area contributed by atoms with Crippen LogP contribution in [0.15, 0.2) is 24.0 Å². The number of hydrogen-bond donors (Lipinski definition) is 3. The molecule has 3 N–H and O–H groups in total. The molecule has 110 valence electrons. The van der Waals surface area contributed by atoms with E-state index >= 15 is 0 Å². The highest BCUT2D eigenvalue weighted by Crippen LogP contribution is 2.28. The summed E-state index contributed by atoms with van der Waals surface area (Å²) in [4.78, 5) is 16.1. The first-order valence-electron chi connectivity index (χ1n) is 6.80. The van der Waals surface area contributed by atoms with Gasteiger partial charge in [-0.3, -0.25) is 0 Å². The first-order valence-corrected chi connectivity index (χ1v) is 7.68. The molecule has 0 aromatic carbocycles. The molecule has 0 aliphatic carbocycles. The fourth-order valence-electron chi connectivity index (χ4n) is 2.13. The lowest BCUT2D eigenvalue weighted by atomic mass is 10.1. The molecule has 0 aliphatic heterocycles. The summed E-state index contributed by atoms with van der Waals surface area (Å²) in [5.74, 6) is 1.03. The van der Waals surface area contributed by atoms with Crippen molar-refractivity contribution in [3.8, 4) is 10.7 Å². The lowest BCUT2D eigenvalue weighted by Gasteiger charge is -2.20. The fraction of sp³-hybridized carbons (Fsp3) is 0.357. The maximum absolute atomic E-state index is 9.46. The Kier molecular flexibility index (Phi) is 3.85. The van der Waals surface area contributed by atoms with Gasteiger partial charge in [0.25, 0.3) is 0 Å². The summed E-state index contributed by atoms with van der Waals surface area (Å²) < 4.78 is 0. The SMILES string of the molecule is CC(C)[C@H](CO)Nc1ncnc2[nH]c(-c3nccs3)cc12. The number of aliphatic hydroxyl groups excluding tert-OH is 1. The molecule has 0 bridgehead atoms. The molecule has 3 rings (SSSR count). The molecular formula is C14H17N5OS. The number of H-pyrrole nitrogens is 1. The number of anilines is 1. The molecule has 0 radical (unpaired) electrons. The van der Waals surface area contributed by atoms with Crippen molar-refractivity contribution < 1.29 is 5.11 Å². The number of aliphatic hydroxyl groups is 1. The third-order valence-corrected chi connectivity index (χ3v) is 4.22. The molecule has 1 atom stereocenters. The number of aromatic nitrogens is 4. The summed E-state index contributed by atoms with van der Waals surface area (Å²) in [5.41, 5.74) is 1.69. The van der Waals surface area contributed by atoms with E-state index in [1.54, 1.807) is 17.5 Å². The van der Waals surface area contributed by atoms with Gasteiger partial charge < -0.3 is 15.4 Å². The predicted molar refractivity (Wildman–Crippen MR) is 84.3 cm³/mol. The van der Waals surface area contributed by atoms with Crippen LogP contribution in [0.2, 0.25) is 0 Å². The van der Waals surface area contributed by atoms with Crippen LogP contribution < -0.4 is 5.32 Å². The third kappa shape index (κ3) is 2.74. The Morgan fingerprint density at radius 1 is 1.33 bits per heavy atom. The van der Waals surface area contributed by atoms with Gasteiger partial charge in [-0.25, -0.2) is 15.0 Å². The van der Waals surface area contributed by atoms with E-state index in [2.05, 4.69) is 39.1 Å². The van der Waals surface area contributed by atoms with Crippen molar-refractivity contribution in [1.82, 2.24) is 19.9 Å². The van der Waals surface area contributed by atoms with E-state index in [1.807, 2.05) is 11.4 Å². The van der Waals surface area contributed by atoms with Gasteiger partial charge in [0.15, 0.2) is 0 Å². The predicted octanol–water partition coefficient (Wildman–Crippen LogP) is 2.51. The molecule has 0 amide bonds. The van der Waals surface area contributed by atoms with Crippen molar-refractivity contribution in [1.29, 1.82) is 0 Å². The molecule has 0 saturated carbocycles. The molecule has 6 nitrogen and oxygen atoms in total. The van der Waals surface area contributed by atoms with Crippen molar-refractivity contribution in [2.24, 2.45) is 5.92 Å². The Bertz CT molecular complexity index is 722. The second-order valence-electron chi connectivity index (χ2n) is 5.18. The molecule has 3 heterocycles. The van der Waals surface area contributed by atoms with E-state index in [9.17, 15) is 5.11 Å². The van der Waals surface area contributed by atoms with Crippen LogP contribution in [-0.2, 0) is 0 Å². The van der Waals surface area contributed by atoms with Gasteiger partial charge in [-0.15, -0.1) is 11.3 Å². The van der Waals surface area contributed by atoms with E-state index in [-0.39, 0.29) is 12.6 Å². The van der Waals surface area contributed by atoms with Crippen LogP contribution in [0, 0.1) is 5.92 Å². The Morgan fingerprint density at radius 3 is 2.86 bits per heavy atom. The summed E-state index contributed by atoms with van der Waals surface area (Å²) in [6, 6.07) is 1.95. The van der Waals surface area contributed by atoms with Crippen molar-refractivity contribution in [3.05, 3.63) is 24.0 Å². The van der Waals surface area contributed by atoms with Gasteiger partial charge in [0, 0.05) is 11.6 Å². The van der Waals surface area contributed by atoms with Gasteiger partial charge in [0.1, 0.15) is 22.8 Å². The van der Waals surface area contributed by atoms with Crippen molar-refractivity contribution in [3.63, 3.8) is 0 Å². The molecule has 0 saturated heterocycles. The largest absolute Gasteiger partial charge is 0.394 e. The Labute approximate surface area is 126 Å². The van der Waals surface area contributed by atoms with Gasteiger partial charge in [-0.2, -0.15) is 0 Å². The quantitative estimate of drug-likeness (QED) is 0.674. The molecule has 0 fully saturated rings. The lowest BCUT2D eigenvalue weighted by molar-refractivity contribution is 0.249. The Balaban J connectivity index is 2.00. The van der Waals surface area contributed by atoms with Gasteiger partial charge in [-0.05, 0) is 12.0 Å². The molecule has 3 aromatic rings. The first-order chi connectivity index (χ1) is 10.2. The molecule has 0 unspecified atom stereocenters. The maximum atomic E-state index is 9.46. The van der Waals surface area contributed by atoms with Crippen molar-refractivity contribution in [2.75, 3.05) is 11.9 Å². The minimum Gasteiger partial charge on any atom is -0.394 e. The van der Waals surface area contributed by atoms with Gasteiger partial charge >= 0.3 is 0 Å². The first kappa shape index (κ1) is 14.0. The monoisotopic (exact) mass is 303 g/mol. The number of rotatable bonds is 5. The second-order valence-corrected chi connectivity index (χ2v) is 6.08. The van der Waals surface area contributed by atoms with Gasteiger partial charge in [0.2, 0.25) is 0 Å². The van der Waals surface area contributed by atoms with Crippen LogP contribution in [0.5, 0.6) is 0 Å². The molecule has 0 spiro atoms. The molecule has 3 aromatic heterocycles. The summed E-state index contributed by atoms with van der Waals surface area (Å²) in [6.07, 6.45) is 3.29. The summed E-state index contributed by atoms with van der Waals surface area (Å²) in [5, 5.41) is 16.5. The highest BCUT2D eigenvalue weighted by molar-refractivity contribution is 7.13. The smallest absolute Gasteiger partial charge is 0.143 e. The minimum atomic E-state index is -0.0405. The number of hydrogen-bond acceptors (Lipinski definition) is 6. The number of nitrogens with one attached hydrogen (secondary N) is 2. The van der Waals surface area contributed by atoms with Crippen LogP contribution >= 0.6 is 11.3 Å².